The average Bonchev–Trinajstić information content (AvgIpc) is 2.48. The molecular weight excluding hydrogens is 294 g/mol. The maximum absolute atomic E-state index is 11.9. The van der Waals surface area contributed by atoms with Crippen molar-refractivity contribution in [3.63, 3.8) is 0 Å². The summed E-state index contributed by atoms with van der Waals surface area (Å²) in [6, 6.07) is 11.6. The van der Waals surface area contributed by atoms with Crippen LogP contribution in [-0.2, 0) is 0 Å². The Morgan fingerprint density at radius 1 is 1.00 bits per heavy atom. The second kappa shape index (κ2) is 6.85. The number of amides is 1. The van der Waals surface area contributed by atoms with Gasteiger partial charge in [-0.15, -0.1) is 0 Å². The molecule has 0 spiro atoms. The van der Waals surface area contributed by atoms with Crippen molar-refractivity contribution in [1.82, 2.24) is 0 Å². The van der Waals surface area contributed by atoms with Gasteiger partial charge in [-0.05, 0) is 42.5 Å². The van der Waals surface area contributed by atoms with Gasteiger partial charge < -0.3 is 14.2 Å². The lowest BCUT2D eigenvalue weighted by Crippen LogP contribution is -2.17. The molecular formula is C15H14ClNO4. The lowest BCUT2D eigenvalue weighted by atomic mass is 10.3. The van der Waals surface area contributed by atoms with Crippen molar-refractivity contribution in [2.45, 2.75) is 0 Å². The van der Waals surface area contributed by atoms with E-state index in [-0.39, 0.29) is 0 Å². The van der Waals surface area contributed by atoms with Crippen molar-refractivity contribution in [2.75, 3.05) is 19.5 Å². The molecule has 110 valence electrons. The Morgan fingerprint density at radius 2 is 1.67 bits per heavy atom. The smallest absolute Gasteiger partial charge is 0.417 e. The van der Waals surface area contributed by atoms with E-state index in [1.807, 2.05) is 0 Å². The van der Waals surface area contributed by atoms with E-state index in [0.29, 0.717) is 28.0 Å². The third-order valence-corrected chi connectivity index (χ3v) is 2.90. The lowest BCUT2D eigenvalue weighted by Gasteiger charge is -2.11. The van der Waals surface area contributed by atoms with Gasteiger partial charge in [-0.3, -0.25) is 5.32 Å². The van der Waals surface area contributed by atoms with E-state index < -0.39 is 6.09 Å². The number of methoxy groups -OCH3 is 2. The Labute approximate surface area is 127 Å². The molecule has 0 atom stereocenters. The van der Waals surface area contributed by atoms with Crippen molar-refractivity contribution < 1.29 is 19.0 Å². The number of hydrogen-bond donors (Lipinski definition) is 1. The fourth-order valence-electron chi connectivity index (χ4n) is 1.66. The highest BCUT2D eigenvalue weighted by Crippen LogP contribution is 2.28. The molecule has 1 amide bonds. The van der Waals surface area contributed by atoms with Gasteiger partial charge in [0.05, 0.1) is 19.9 Å². The van der Waals surface area contributed by atoms with Crippen molar-refractivity contribution >= 4 is 23.4 Å². The zero-order valence-corrected chi connectivity index (χ0v) is 12.3. The minimum Gasteiger partial charge on any atom is -0.497 e. The van der Waals surface area contributed by atoms with Crippen molar-refractivity contribution in [2.24, 2.45) is 0 Å². The van der Waals surface area contributed by atoms with Crippen LogP contribution in [0.5, 0.6) is 17.2 Å². The first-order chi connectivity index (χ1) is 10.1. The van der Waals surface area contributed by atoms with Crippen molar-refractivity contribution in [3.05, 3.63) is 47.5 Å². The van der Waals surface area contributed by atoms with Crippen LogP contribution in [0.25, 0.3) is 0 Å². The normalized spacial score (nSPS) is 9.86. The molecule has 5 nitrogen and oxygen atoms in total. The van der Waals surface area contributed by atoms with Crippen LogP contribution in [-0.4, -0.2) is 20.3 Å². The van der Waals surface area contributed by atoms with Gasteiger partial charge in [-0.1, -0.05) is 11.6 Å². The number of halogens is 1. The summed E-state index contributed by atoms with van der Waals surface area (Å²) >= 11 is 5.89. The third-order valence-electron chi connectivity index (χ3n) is 2.67. The first kappa shape index (κ1) is 15.0. The van der Waals surface area contributed by atoms with Gasteiger partial charge >= 0.3 is 6.09 Å². The van der Waals surface area contributed by atoms with Gasteiger partial charge in [-0.25, -0.2) is 4.79 Å². The van der Waals surface area contributed by atoms with Crippen LogP contribution in [0, 0.1) is 0 Å². The molecule has 0 aliphatic rings. The summed E-state index contributed by atoms with van der Waals surface area (Å²) in [4.78, 5) is 11.9. The Bertz CT molecular complexity index is 628. The van der Waals surface area contributed by atoms with Crippen molar-refractivity contribution in [1.29, 1.82) is 0 Å². The second-order valence-electron chi connectivity index (χ2n) is 4.03. The molecule has 0 aliphatic heterocycles. The Balaban J connectivity index is 2.05. The standard InChI is InChI=1S/C15H14ClNO4/c1-19-11-4-6-12(7-5-11)21-15(18)17-13-9-10(16)3-8-14(13)20-2/h3-9H,1-2H3,(H,17,18). The summed E-state index contributed by atoms with van der Waals surface area (Å²) in [5, 5.41) is 3.06. The predicted molar refractivity (Wildman–Crippen MR) is 80.6 cm³/mol. The molecule has 1 N–H and O–H groups in total. The monoisotopic (exact) mass is 307 g/mol. The molecule has 2 aromatic rings. The second-order valence-corrected chi connectivity index (χ2v) is 4.47. The summed E-state index contributed by atoms with van der Waals surface area (Å²) in [5.74, 6) is 1.57. The maximum Gasteiger partial charge on any atom is 0.417 e. The summed E-state index contributed by atoms with van der Waals surface area (Å²) in [7, 11) is 3.07. The largest absolute Gasteiger partial charge is 0.497 e. The molecule has 0 radical (unpaired) electrons. The van der Waals surface area contributed by atoms with E-state index in [1.54, 1.807) is 49.6 Å². The van der Waals surface area contributed by atoms with Crippen LogP contribution in [0.2, 0.25) is 5.02 Å². The van der Waals surface area contributed by atoms with Gasteiger partial charge in [0.2, 0.25) is 0 Å². The molecule has 0 fully saturated rings. The minimum absolute atomic E-state index is 0.397. The van der Waals surface area contributed by atoms with Crippen LogP contribution in [0.15, 0.2) is 42.5 Å². The third kappa shape index (κ3) is 4.03. The molecule has 0 heterocycles. The topological polar surface area (TPSA) is 56.8 Å². The van der Waals surface area contributed by atoms with Crippen molar-refractivity contribution in [3.8, 4) is 17.2 Å². The van der Waals surface area contributed by atoms with Gasteiger partial charge in [0, 0.05) is 5.02 Å². The van der Waals surface area contributed by atoms with Crippen LogP contribution in [0.3, 0.4) is 0 Å². The Morgan fingerprint density at radius 3 is 2.29 bits per heavy atom. The van der Waals surface area contributed by atoms with Crippen LogP contribution in [0.1, 0.15) is 0 Å². The number of benzene rings is 2. The van der Waals surface area contributed by atoms with Crippen LogP contribution in [0.4, 0.5) is 10.5 Å². The lowest BCUT2D eigenvalue weighted by molar-refractivity contribution is 0.215. The zero-order chi connectivity index (χ0) is 15.2. The number of carbonyl (C=O) groups is 1. The molecule has 0 aromatic heterocycles. The summed E-state index contributed by atoms with van der Waals surface area (Å²) < 4.78 is 15.3. The quantitative estimate of drug-likeness (QED) is 0.928. The van der Waals surface area contributed by atoms with E-state index in [1.165, 1.54) is 7.11 Å². The molecule has 0 unspecified atom stereocenters. The molecule has 0 saturated heterocycles. The Hall–Kier alpha value is -2.40. The molecule has 2 rings (SSSR count). The molecule has 21 heavy (non-hydrogen) atoms. The number of nitrogens with one attached hydrogen (secondary N) is 1. The van der Waals surface area contributed by atoms with Gasteiger partial charge in [0.15, 0.2) is 0 Å². The SMILES string of the molecule is COc1ccc(OC(=O)Nc2cc(Cl)ccc2OC)cc1. The first-order valence-electron chi connectivity index (χ1n) is 6.09. The summed E-state index contributed by atoms with van der Waals surface area (Å²) in [6.07, 6.45) is -0.638. The maximum atomic E-state index is 11.9. The summed E-state index contributed by atoms with van der Waals surface area (Å²) in [5.41, 5.74) is 0.434. The van der Waals surface area contributed by atoms with Crippen LogP contribution < -0.4 is 19.5 Å². The number of anilines is 1. The molecule has 0 bridgehead atoms. The fraction of sp³-hybridized carbons (Fsp3) is 0.133. The Kier molecular flexibility index (Phi) is 4.90. The van der Waals surface area contributed by atoms with Crippen LogP contribution >= 0.6 is 11.6 Å². The van der Waals surface area contributed by atoms with Gasteiger partial charge in [0.25, 0.3) is 0 Å². The zero-order valence-electron chi connectivity index (χ0n) is 11.6. The molecule has 0 aliphatic carbocycles. The van der Waals surface area contributed by atoms with Gasteiger partial charge in [-0.2, -0.15) is 0 Å². The number of carbonyl (C=O) groups excluding carboxylic acids is 1. The van der Waals surface area contributed by atoms with E-state index in [2.05, 4.69) is 5.32 Å². The van der Waals surface area contributed by atoms with Gasteiger partial charge in [0.1, 0.15) is 17.2 Å². The highest BCUT2D eigenvalue weighted by Gasteiger charge is 2.10. The highest BCUT2D eigenvalue weighted by atomic mass is 35.5. The molecule has 2 aromatic carbocycles. The van der Waals surface area contributed by atoms with E-state index in [9.17, 15) is 4.79 Å². The minimum atomic E-state index is -0.638. The average molecular weight is 308 g/mol. The van der Waals surface area contributed by atoms with E-state index >= 15 is 0 Å². The number of rotatable bonds is 4. The van der Waals surface area contributed by atoms with E-state index in [0.717, 1.165) is 0 Å². The fourth-order valence-corrected chi connectivity index (χ4v) is 1.84. The van der Waals surface area contributed by atoms with E-state index in [4.69, 9.17) is 25.8 Å². The summed E-state index contributed by atoms with van der Waals surface area (Å²) in [6.45, 7) is 0. The first-order valence-corrected chi connectivity index (χ1v) is 6.46. The molecule has 0 saturated carbocycles. The predicted octanol–water partition coefficient (Wildman–Crippen LogP) is 3.97. The molecule has 6 heteroatoms. The number of ether oxygens (including phenoxy) is 3. The number of hydrogen-bond acceptors (Lipinski definition) is 4. The highest BCUT2D eigenvalue weighted by molar-refractivity contribution is 6.31.